The van der Waals surface area contributed by atoms with Gasteiger partial charge in [-0.15, -0.1) is 11.3 Å². The van der Waals surface area contributed by atoms with Gasteiger partial charge in [-0.3, -0.25) is 4.79 Å². The van der Waals surface area contributed by atoms with Crippen molar-refractivity contribution >= 4 is 17.2 Å². The quantitative estimate of drug-likeness (QED) is 0.892. The molecule has 2 fully saturated rings. The summed E-state index contributed by atoms with van der Waals surface area (Å²) in [5, 5.41) is 10.9. The van der Waals surface area contributed by atoms with Crippen LogP contribution in [0.25, 0.3) is 0 Å². The highest BCUT2D eigenvalue weighted by Crippen LogP contribution is 2.27. The van der Waals surface area contributed by atoms with E-state index in [0.29, 0.717) is 19.7 Å². The van der Waals surface area contributed by atoms with Gasteiger partial charge in [0.05, 0.1) is 23.6 Å². The molecule has 3 rings (SSSR count). The van der Waals surface area contributed by atoms with Crippen molar-refractivity contribution in [1.29, 1.82) is 0 Å². The lowest BCUT2D eigenvalue weighted by Crippen LogP contribution is -2.55. The Morgan fingerprint density at radius 1 is 1.30 bits per heavy atom. The Bertz CT molecular complexity index is 542. The minimum absolute atomic E-state index is 0.0388. The number of nitrogens with zero attached hydrogens (tertiary/aromatic N) is 2. The van der Waals surface area contributed by atoms with Crippen LogP contribution in [0.15, 0.2) is 12.1 Å². The lowest BCUT2D eigenvalue weighted by molar-refractivity contribution is -0.0430. The van der Waals surface area contributed by atoms with E-state index in [1.807, 2.05) is 17.0 Å². The number of carbonyl (C=O) groups is 1. The molecule has 2 aliphatic rings. The lowest BCUT2D eigenvalue weighted by atomic mass is 9.92. The molecule has 0 bridgehead atoms. The largest absolute Gasteiger partial charge is 0.387 e. The standard InChI is InChI=1S/C17H26N2O3S/c1-22-11-14-5-6-15(23-14)16(20)19-10-4-7-17(21,13-19)12-18-8-2-3-9-18/h5-6,21H,2-4,7-13H2,1H3. The fourth-order valence-corrected chi connectivity index (χ4v) is 4.59. The van der Waals surface area contributed by atoms with Gasteiger partial charge in [0.15, 0.2) is 0 Å². The van der Waals surface area contributed by atoms with E-state index < -0.39 is 5.60 Å². The van der Waals surface area contributed by atoms with Crippen molar-refractivity contribution in [2.75, 3.05) is 39.8 Å². The second-order valence-corrected chi connectivity index (χ2v) is 7.91. The van der Waals surface area contributed by atoms with E-state index >= 15 is 0 Å². The predicted octanol–water partition coefficient (Wildman–Crippen LogP) is 1.96. The van der Waals surface area contributed by atoms with Crippen LogP contribution in [0.3, 0.4) is 0 Å². The van der Waals surface area contributed by atoms with Crippen LogP contribution in [0.1, 0.15) is 40.2 Å². The topological polar surface area (TPSA) is 53.0 Å². The summed E-state index contributed by atoms with van der Waals surface area (Å²) in [6.45, 7) is 4.55. The average molecular weight is 338 g/mol. The molecule has 0 aromatic carbocycles. The van der Waals surface area contributed by atoms with Crippen LogP contribution in [0.5, 0.6) is 0 Å². The Hall–Kier alpha value is -0.950. The minimum Gasteiger partial charge on any atom is -0.387 e. The molecule has 1 aromatic rings. The molecule has 5 nitrogen and oxygen atoms in total. The van der Waals surface area contributed by atoms with Gasteiger partial charge in [0.25, 0.3) is 5.91 Å². The third-order valence-corrected chi connectivity index (χ3v) is 5.76. The first kappa shape index (κ1) is 16.9. The molecular formula is C17H26N2O3S. The Labute approximate surface area is 141 Å². The van der Waals surface area contributed by atoms with E-state index in [0.717, 1.165) is 42.2 Å². The van der Waals surface area contributed by atoms with Crippen molar-refractivity contribution in [1.82, 2.24) is 9.80 Å². The van der Waals surface area contributed by atoms with Crippen molar-refractivity contribution in [3.8, 4) is 0 Å². The molecule has 3 heterocycles. The highest BCUT2D eigenvalue weighted by atomic mass is 32.1. The highest BCUT2D eigenvalue weighted by molar-refractivity contribution is 7.14. The molecule has 128 valence electrons. The van der Waals surface area contributed by atoms with Crippen LogP contribution >= 0.6 is 11.3 Å². The van der Waals surface area contributed by atoms with Crippen LogP contribution < -0.4 is 0 Å². The minimum atomic E-state index is -0.759. The zero-order valence-electron chi connectivity index (χ0n) is 13.8. The summed E-state index contributed by atoms with van der Waals surface area (Å²) in [6.07, 6.45) is 4.09. The summed E-state index contributed by atoms with van der Waals surface area (Å²) < 4.78 is 5.11. The predicted molar refractivity (Wildman–Crippen MR) is 90.8 cm³/mol. The van der Waals surface area contributed by atoms with Gasteiger partial charge >= 0.3 is 0 Å². The molecule has 23 heavy (non-hydrogen) atoms. The van der Waals surface area contributed by atoms with E-state index in [2.05, 4.69) is 4.90 Å². The molecule has 2 saturated heterocycles. The number of amides is 1. The van der Waals surface area contributed by atoms with Crippen molar-refractivity contribution in [2.24, 2.45) is 0 Å². The van der Waals surface area contributed by atoms with E-state index in [1.54, 1.807) is 7.11 Å². The van der Waals surface area contributed by atoms with Crippen LogP contribution in [0.4, 0.5) is 0 Å². The third kappa shape index (κ3) is 4.12. The number of carbonyl (C=O) groups excluding carboxylic acids is 1. The summed E-state index contributed by atoms with van der Waals surface area (Å²) in [5.74, 6) is 0.0388. The maximum absolute atomic E-state index is 12.7. The molecule has 1 atom stereocenters. The number of β-amino-alcohol motifs (C(OH)–C–C–N with tert-alkyl or cyclic N) is 1. The molecule has 1 N–H and O–H groups in total. The molecule has 0 radical (unpaired) electrons. The second-order valence-electron chi connectivity index (χ2n) is 6.74. The SMILES string of the molecule is COCc1ccc(C(=O)N2CCCC(O)(CN3CCCC3)C2)s1. The van der Waals surface area contributed by atoms with Gasteiger partial charge in [0.1, 0.15) is 0 Å². The Balaban J connectivity index is 1.63. The number of likely N-dealkylation sites (tertiary alicyclic amines) is 2. The number of aliphatic hydroxyl groups is 1. The number of ether oxygens (including phenoxy) is 1. The molecule has 0 saturated carbocycles. The summed E-state index contributed by atoms with van der Waals surface area (Å²) in [6, 6.07) is 3.82. The van der Waals surface area contributed by atoms with E-state index in [-0.39, 0.29) is 5.91 Å². The molecule has 0 aliphatic carbocycles. The van der Waals surface area contributed by atoms with Crippen LogP contribution in [0, 0.1) is 0 Å². The maximum Gasteiger partial charge on any atom is 0.264 e. The van der Waals surface area contributed by atoms with Gasteiger partial charge in [-0.2, -0.15) is 0 Å². The first-order valence-electron chi connectivity index (χ1n) is 8.41. The zero-order valence-corrected chi connectivity index (χ0v) is 14.6. The first-order chi connectivity index (χ1) is 11.1. The number of rotatable bonds is 5. The van der Waals surface area contributed by atoms with Gasteiger partial charge < -0.3 is 19.6 Å². The van der Waals surface area contributed by atoms with Crippen LogP contribution in [0.2, 0.25) is 0 Å². The maximum atomic E-state index is 12.7. The monoisotopic (exact) mass is 338 g/mol. The lowest BCUT2D eigenvalue weighted by Gasteiger charge is -2.41. The second kappa shape index (κ2) is 7.30. The number of hydrogen-bond donors (Lipinski definition) is 1. The molecule has 6 heteroatoms. The molecule has 1 aromatic heterocycles. The smallest absolute Gasteiger partial charge is 0.264 e. The van der Waals surface area contributed by atoms with Crippen molar-refractivity contribution in [2.45, 2.75) is 37.9 Å². The van der Waals surface area contributed by atoms with Gasteiger partial charge in [-0.05, 0) is 50.9 Å². The van der Waals surface area contributed by atoms with Crippen LogP contribution in [-0.4, -0.2) is 66.2 Å². The molecule has 2 aliphatic heterocycles. The van der Waals surface area contributed by atoms with Gasteiger partial charge in [-0.25, -0.2) is 0 Å². The fraction of sp³-hybridized carbons (Fsp3) is 0.706. The molecule has 1 amide bonds. The Kier molecular flexibility index (Phi) is 5.36. The first-order valence-corrected chi connectivity index (χ1v) is 9.23. The molecule has 1 unspecified atom stereocenters. The summed E-state index contributed by atoms with van der Waals surface area (Å²) in [4.78, 5) is 18.7. The highest BCUT2D eigenvalue weighted by Gasteiger charge is 2.37. The molecular weight excluding hydrogens is 312 g/mol. The summed E-state index contributed by atoms with van der Waals surface area (Å²) in [7, 11) is 1.66. The number of hydrogen-bond acceptors (Lipinski definition) is 5. The average Bonchev–Trinajstić information content (AvgIpc) is 3.18. The fourth-order valence-electron chi connectivity index (χ4n) is 3.64. The number of piperidine rings is 1. The number of methoxy groups -OCH3 is 1. The zero-order chi connectivity index (χ0) is 16.3. The van der Waals surface area contributed by atoms with Crippen molar-refractivity contribution in [3.63, 3.8) is 0 Å². The van der Waals surface area contributed by atoms with Crippen LogP contribution in [-0.2, 0) is 11.3 Å². The van der Waals surface area contributed by atoms with Crippen molar-refractivity contribution < 1.29 is 14.6 Å². The van der Waals surface area contributed by atoms with E-state index in [4.69, 9.17) is 4.74 Å². The Morgan fingerprint density at radius 3 is 2.83 bits per heavy atom. The third-order valence-electron chi connectivity index (χ3n) is 4.72. The summed E-state index contributed by atoms with van der Waals surface area (Å²) >= 11 is 1.48. The normalized spacial score (nSPS) is 25.9. The van der Waals surface area contributed by atoms with Gasteiger partial charge in [0.2, 0.25) is 0 Å². The van der Waals surface area contributed by atoms with E-state index in [1.165, 1.54) is 24.2 Å². The number of thiophene rings is 1. The van der Waals surface area contributed by atoms with Crippen molar-refractivity contribution in [3.05, 3.63) is 21.9 Å². The summed E-state index contributed by atoms with van der Waals surface area (Å²) in [5.41, 5.74) is -0.759. The van der Waals surface area contributed by atoms with Gasteiger partial charge in [0, 0.05) is 25.1 Å². The Morgan fingerprint density at radius 2 is 2.09 bits per heavy atom. The molecule has 0 spiro atoms. The van der Waals surface area contributed by atoms with E-state index in [9.17, 15) is 9.90 Å². The van der Waals surface area contributed by atoms with Gasteiger partial charge in [-0.1, -0.05) is 0 Å².